The van der Waals surface area contributed by atoms with E-state index in [-0.39, 0.29) is 29.8 Å². The Morgan fingerprint density at radius 3 is 1.82 bits per heavy atom. The summed E-state index contributed by atoms with van der Waals surface area (Å²) in [5, 5.41) is 2.03. The number of sulfonamides is 1. The molecule has 14 heteroatoms. The second-order valence-electron chi connectivity index (χ2n) is 8.23. The van der Waals surface area contributed by atoms with Gasteiger partial charge >= 0.3 is 12.4 Å². The molecule has 0 atom stereocenters. The molecule has 0 fully saturated rings. The summed E-state index contributed by atoms with van der Waals surface area (Å²) in [6.07, 6.45) is -9.41. The SMILES string of the molecule is COc1cc(C(=O)Nc2cc(C(F)(F)F)cc(C(F)(F)F)c2)c(N(Cc2ccccc2)S(C)(=O)=O)cc1OC. The highest BCUT2D eigenvalue weighted by Crippen LogP contribution is 2.39. The predicted octanol–water partition coefficient (Wildman–Crippen LogP) is 5.96. The summed E-state index contributed by atoms with van der Waals surface area (Å²) in [5.41, 5.74) is -4.22. The number of rotatable bonds is 8. The first-order valence-electron chi connectivity index (χ1n) is 10.9. The summed E-state index contributed by atoms with van der Waals surface area (Å²) in [4.78, 5) is 13.3. The van der Waals surface area contributed by atoms with Crippen molar-refractivity contribution in [3.05, 3.63) is 82.9 Å². The number of hydrogen-bond acceptors (Lipinski definition) is 5. The van der Waals surface area contributed by atoms with E-state index in [4.69, 9.17) is 9.47 Å². The highest BCUT2D eigenvalue weighted by Gasteiger charge is 2.37. The van der Waals surface area contributed by atoms with Crippen LogP contribution in [-0.4, -0.2) is 34.8 Å². The van der Waals surface area contributed by atoms with Gasteiger partial charge in [-0.05, 0) is 29.8 Å². The number of hydrogen-bond donors (Lipinski definition) is 1. The van der Waals surface area contributed by atoms with Crippen LogP contribution in [0.5, 0.6) is 11.5 Å². The quantitative estimate of drug-likeness (QED) is 0.335. The molecule has 0 saturated heterocycles. The summed E-state index contributed by atoms with van der Waals surface area (Å²) >= 11 is 0. The Balaban J connectivity index is 2.18. The first-order valence-corrected chi connectivity index (χ1v) is 12.8. The molecule has 0 bridgehead atoms. The van der Waals surface area contributed by atoms with Gasteiger partial charge in [0.2, 0.25) is 10.0 Å². The van der Waals surface area contributed by atoms with Crippen LogP contribution in [0.15, 0.2) is 60.7 Å². The van der Waals surface area contributed by atoms with Gasteiger partial charge in [-0.3, -0.25) is 9.10 Å². The Bertz CT molecular complexity index is 1430. The number of ether oxygens (including phenoxy) is 2. The first-order chi connectivity index (χ1) is 18.0. The maximum atomic E-state index is 13.3. The zero-order valence-corrected chi connectivity index (χ0v) is 21.5. The number of benzene rings is 3. The van der Waals surface area contributed by atoms with E-state index in [1.54, 1.807) is 30.3 Å². The second kappa shape index (κ2) is 11.0. The fourth-order valence-corrected chi connectivity index (χ4v) is 4.50. The van der Waals surface area contributed by atoms with Crippen molar-refractivity contribution in [2.75, 3.05) is 30.1 Å². The molecule has 1 amide bonds. The Morgan fingerprint density at radius 2 is 1.36 bits per heavy atom. The molecule has 0 aliphatic heterocycles. The Hall–Kier alpha value is -3.94. The summed E-state index contributed by atoms with van der Waals surface area (Å²) in [7, 11) is -1.61. The number of carbonyl (C=O) groups is 1. The molecular weight excluding hydrogens is 554 g/mol. The lowest BCUT2D eigenvalue weighted by molar-refractivity contribution is -0.143. The maximum Gasteiger partial charge on any atom is 0.416 e. The fourth-order valence-electron chi connectivity index (χ4n) is 3.61. The van der Waals surface area contributed by atoms with Crippen LogP contribution in [0, 0.1) is 0 Å². The minimum Gasteiger partial charge on any atom is -0.493 e. The van der Waals surface area contributed by atoms with Crippen molar-refractivity contribution in [2.45, 2.75) is 18.9 Å². The van der Waals surface area contributed by atoms with Crippen molar-refractivity contribution in [3.8, 4) is 11.5 Å². The molecule has 0 spiro atoms. The lowest BCUT2D eigenvalue weighted by Crippen LogP contribution is -2.31. The Morgan fingerprint density at radius 1 is 0.846 bits per heavy atom. The summed E-state index contributed by atoms with van der Waals surface area (Å²) in [6, 6.07) is 11.1. The summed E-state index contributed by atoms with van der Waals surface area (Å²) in [5.74, 6) is -1.22. The molecule has 0 saturated carbocycles. The zero-order valence-electron chi connectivity index (χ0n) is 20.6. The molecule has 3 rings (SSSR count). The Labute approximate surface area is 220 Å². The van der Waals surface area contributed by atoms with E-state index in [9.17, 15) is 39.6 Å². The second-order valence-corrected chi connectivity index (χ2v) is 10.1. The van der Waals surface area contributed by atoms with Gasteiger partial charge in [-0.25, -0.2) is 8.42 Å². The molecule has 3 aromatic carbocycles. The van der Waals surface area contributed by atoms with Crippen molar-refractivity contribution in [1.29, 1.82) is 0 Å². The van der Waals surface area contributed by atoms with Gasteiger partial charge in [0.25, 0.3) is 5.91 Å². The lowest BCUT2D eigenvalue weighted by atomic mass is 10.1. The number of carbonyl (C=O) groups excluding carboxylic acids is 1. The van der Waals surface area contributed by atoms with Crippen molar-refractivity contribution in [1.82, 2.24) is 0 Å². The van der Waals surface area contributed by atoms with Crippen LogP contribution in [0.3, 0.4) is 0 Å². The van der Waals surface area contributed by atoms with Crippen LogP contribution >= 0.6 is 0 Å². The molecule has 7 nitrogen and oxygen atoms in total. The van der Waals surface area contributed by atoms with E-state index in [1.165, 1.54) is 20.3 Å². The number of nitrogens with zero attached hydrogens (tertiary/aromatic N) is 1. The first kappa shape index (κ1) is 29.6. The van der Waals surface area contributed by atoms with E-state index in [0.717, 1.165) is 16.6 Å². The summed E-state index contributed by atoms with van der Waals surface area (Å²) < 4.78 is 117. The van der Waals surface area contributed by atoms with Crippen molar-refractivity contribution < 1.29 is 49.0 Å². The number of anilines is 2. The molecular formula is C25H22F6N2O5S. The molecule has 0 radical (unpaired) electrons. The monoisotopic (exact) mass is 576 g/mol. The van der Waals surface area contributed by atoms with Crippen molar-refractivity contribution >= 4 is 27.3 Å². The van der Waals surface area contributed by atoms with Gasteiger partial charge in [-0.1, -0.05) is 30.3 Å². The van der Waals surface area contributed by atoms with Crippen LogP contribution in [0.1, 0.15) is 27.0 Å². The van der Waals surface area contributed by atoms with Gasteiger partial charge in [0.1, 0.15) is 0 Å². The number of methoxy groups -OCH3 is 2. The normalized spacial score (nSPS) is 12.1. The average Bonchev–Trinajstić information content (AvgIpc) is 2.85. The van der Waals surface area contributed by atoms with E-state index >= 15 is 0 Å². The molecule has 0 aliphatic rings. The van der Waals surface area contributed by atoms with Gasteiger partial charge in [0, 0.05) is 11.8 Å². The van der Waals surface area contributed by atoms with Crippen LogP contribution in [-0.2, 0) is 28.9 Å². The van der Waals surface area contributed by atoms with E-state index in [2.05, 4.69) is 0 Å². The standard InChI is InChI=1S/C25H22F6N2O5S/c1-37-21-12-19(23(34)32-18-10-16(24(26,27)28)9-17(11-18)25(29,30)31)20(13-22(21)38-2)33(39(3,35)36)14-15-7-5-4-6-8-15/h4-13H,14H2,1-3H3,(H,32,34). The molecule has 0 aliphatic carbocycles. The zero-order chi connectivity index (χ0) is 29.2. The topological polar surface area (TPSA) is 84.9 Å². The molecule has 0 aromatic heterocycles. The molecule has 39 heavy (non-hydrogen) atoms. The Kier molecular flexibility index (Phi) is 8.39. The largest absolute Gasteiger partial charge is 0.493 e. The smallest absolute Gasteiger partial charge is 0.416 e. The summed E-state index contributed by atoms with van der Waals surface area (Å²) in [6.45, 7) is -0.253. The third-order valence-electron chi connectivity index (χ3n) is 5.43. The maximum absolute atomic E-state index is 13.3. The highest BCUT2D eigenvalue weighted by atomic mass is 32.2. The molecule has 3 aromatic rings. The minimum atomic E-state index is -5.14. The number of nitrogens with one attached hydrogen (secondary N) is 1. The van der Waals surface area contributed by atoms with E-state index in [0.29, 0.717) is 17.7 Å². The van der Waals surface area contributed by atoms with Gasteiger partial charge in [0.15, 0.2) is 11.5 Å². The number of alkyl halides is 6. The number of amides is 1. The minimum absolute atomic E-state index is 0.0178. The van der Waals surface area contributed by atoms with Crippen LogP contribution in [0.2, 0.25) is 0 Å². The van der Waals surface area contributed by atoms with Gasteiger partial charge in [-0.2, -0.15) is 26.3 Å². The highest BCUT2D eigenvalue weighted by molar-refractivity contribution is 7.92. The van der Waals surface area contributed by atoms with Gasteiger partial charge in [0.05, 0.1) is 49.4 Å². The third-order valence-corrected chi connectivity index (χ3v) is 6.56. The van der Waals surface area contributed by atoms with Crippen molar-refractivity contribution in [3.63, 3.8) is 0 Å². The van der Waals surface area contributed by atoms with Gasteiger partial charge < -0.3 is 14.8 Å². The van der Waals surface area contributed by atoms with Crippen LogP contribution in [0.25, 0.3) is 0 Å². The third kappa shape index (κ3) is 7.13. The number of halogens is 6. The van der Waals surface area contributed by atoms with Crippen LogP contribution in [0.4, 0.5) is 37.7 Å². The van der Waals surface area contributed by atoms with E-state index < -0.39 is 50.7 Å². The molecule has 1 N–H and O–H groups in total. The predicted molar refractivity (Wildman–Crippen MR) is 131 cm³/mol. The molecule has 0 unspecified atom stereocenters. The van der Waals surface area contributed by atoms with E-state index in [1.807, 2.05) is 5.32 Å². The lowest BCUT2D eigenvalue weighted by Gasteiger charge is -2.26. The average molecular weight is 577 g/mol. The van der Waals surface area contributed by atoms with Gasteiger partial charge in [-0.15, -0.1) is 0 Å². The van der Waals surface area contributed by atoms with Crippen LogP contribution < -0.4 is 19.1 Å². The molecule has 210 valence electrons. The fraction of sp³-hybridized carbons (Fsp3) is 0.240. The van der Waals surface area contributed by atoms with Crippen molar-refractivity contribution in [2.24, 2.45) is 0 Å². The molecule has 0 heterocycles.